The van der Waals surface area contributed by atoms with Gasteiger partial charge in [0.15, 0.2) is 0 Å². The molecule has 1 aromatic heterocycles. The number of amides is 1. The molecular weight excluding hydrogens is 368 g/mol. The van der Waals surface area contributed by atoms with Gasteiger partial charge in [-0.25, -0.2) is 8.42 Å². The zero-order chi connectivity index (χ0) is 18.7. The van der Waals surface area contributed by atoms with Gasteiger partial charge in [-0.2, -0.15) is 0 Å². The third-order valence-electron chi connectivity index (χ3n) is 3.99. The first-order valence-electron chi connectivity index (χ1n) is 7.89. The van der Waals surface area contributed by atoms with E-state index >= 15 is 0 Å². The van der Waals surface area contributed by atoms with E-state index in [0.29, 0.717) is 11.4 Å². The molecule has 3 aromatic rings. The van der Waals surface area contributed by atoms with Crippen LogP contribution in [-0.2, 0) is 10.0 Å². The van der Waals surface area contributed by atoms with Crippen molar-refractivity contribution in [3.05, 3.63) is 76.5 Å². The lowest BCUT2D eigenvalue weighted by Crippen LogP contribution is -2.28. The standard InChI is InChI=1S/C19H18N2O3S2/c1-14-8-6-7-11-16(14)20-19(22)18-17(12-13-25-18)26(23,24)21(2)15-9-4-3-5-10-15/h3-13H,1-2H3,(H,20,22). The molecule has 0 bridgehead atoms. The molecule has 0 saturated heterocycles. The van der Waals surface area contributed by atoms with Crippen LogP contribution in [0.5, 0.6) is 0 Å². The summed E-state index contributed by atoms with van der Waals surface area (Å²) >= 11 is 1.10. The van der Waals surface area contributed by atoms with Crippen molar-refractivity contribution in [3.63, 3.8) is 0 Å². The maximum atomic E-state index is 13.0. The average Bonchev–Trinajstić information content (AvgIpc) is 3.14. The third-order valence-corrected chi connectivity index (χ3v) is 6.86. The Labute approximate surface area is 157 Å². The van der Waals surface area contributed by atoms with E-state index in [-0.39, 0.29) is 9.77 Å². The van der Waals surface area contributed by atoms with Crippen LogP contribution in [0.4, 0.5) is 11.4 Å². The molecule has 3 rings (SSSR count). The highest BCUT2D eigenvalue weighted by atomic mass is 32.2. The van der Waals surface area contributed by atoms with Gasteiger partial charge < -0.3 is 5.32 Å². The van der Waals surface area contributed by atoms with E-state index in [1.54, 1.807) is 35.7 Å². The van der Waals surface area contributed by atoms with Crippen molar-refractivity contribution in [1.82, 2.24) is 0 Å². The summed E-state index contributed by atoms with van der Waals surface area (Å²) in [4.78, 5) is 12.8. The molecule has 0 aliphatic carbocycles. The number of carbonyl (C=O) groups is 1. The Morgan fingerprint density at radius 3 is 2.35 bits per heavy atom. The highest BCUT2D eigenvalue weighted by Crippen LogP contribution is 2.28. The SMILES string of the molecule is Cc1ccccc1NC(=O)c1sccc1S(=O)(=O)N(C)c1ccccc1. The highest BCUT2D eigenvalue weighted by Gasteiger charge is 2.28. The minimum Gasteiger partial charge on any atom is -0.321 e. The first kappa shape index (κ1) is 18.2. The lowest BCUT2D eigenvalue weighted by atomic mass is 10.2. The number of nitrogens with zero attached hydrogens (tertiary/aromatic N) is 1. The predicted molar refractivity (Wildman–Crippen MR) is 105 cm³/mol. The fourth-order valence-electron chi connectivity index (χ4n) is 2.48. The van der Waals surface area contributed by atoms with Crippen molar-refractivity contribution >= 4 is 38.6 Å². The topological polar surface area (TPSA) is 66.5 Å². The zero-order valence-electron chi connectivity index (χ0n) is 14.3. The van der Waals surface area contributed by atoms with E-state index in [1.807, 2.05) is 31.2 Å². The normalized spacial score (nSPS) is 11.2. The number of aryl methyl sites for hydroxylation is 1. The number of thiophene rings is 1. The van der Waals surface area contributed by atoms with Crippen LogP contribution in [0.2, 0.25) is 0 Å². The summed E-state index contributed by atoms with van der Waals surface area (Å²) < 4.78 is 27.2. The van der Waals surface area contributed by atoms with Gasteiger partial charge in [-0.3, -0.25) is 9.10 Å². The molecule has 1 N–H and O–H groups in total. The molecule has 0 unspecified atom stereocenters. The van der Waals surface area contributed by atoms with Gasteiger partial charge in [0, 0.05) is 12.7 Å². The largest absolute Gasteiger partial charge is 0.321 e. The molecule has 0 aliphatic rings. The van der Waals surface area contributed by atoms with Crippen LogP contribution < -0.4 is 9.62 Å². The monoisotopic (exact) mass is 386 g/mol. The van der Waals surface area contributed by atoms with E-state index in [1.165, 1.54) is 17.4 Å². The number of carbonyl (C=O) groups excluding carboxylic acids is 1. The van der Waals surface area contributed by atoms with Gasteiger partial charge in [0.25, 0.3) is 15.9 Å². The molecule has 0 atom stereocenters. The Morgan fingerprint density at radius 1 is 1.00 bits per heavy atom. The first-order chi connectivity index (χ1) is 12.4. The van der Waals surface area contributed by atoms with Crippen molar-refractivity contribution in [1.29, 1.82) is 0 Å². The van der Waals surface area contributed by atoms with Crippen LogP contribution in [0.3, 0.4) is 0 Å². The molecule has 7 heteroatoms. The van der Waals surface area contributed by atoms with Gasteiger partial charge in [-0.1, -0.05) is 36.4 Å². The molecule has 1 heterocycles. The molecule has 26 heavy (non-hydrogen) atoms. The van der Waals surface area contributed by atoms with E-state index in [0.717, 1.165) is 16.9 Å². The van der Waals surface area contributed by atoms with Gasteiger partial charge >= 0.3 is 0 Å². The third kappa shape index (κ3) is 3.49. The Hall–Kier alpha value is -2.64. The maximum Gasteiger partial charge on any atom is 0.267 e. The minimum absolute atomic E-state index is 0.0000581. The number of hydrogen-bond donors (Lipinski definition) is 1. The Bertz CT molecular complexity index is 1030. The van der Waals surface area contributed by atoms with Crippen molar-refractivity contribution in [2.24, 2.45) is 0 Å². The molecule has 5 nitrogen and oxygen atoms in total. The van der Waals surface area contributed by atoms with Crippen LogP contribution >= 0.6 is 11.3 Å². The van der Waals surface area contributed by atoms with Gasteiger partial charge in [0.2, 0.25) is 0 Å². The van der Waals surface area contributed by atoms with Gasteiger partial charge in [0.05, 0.1) is 5.69 Å². The first-order valence-corrected chi connectivity index (χ1v) is 10.2. The van der Waals surface area contributed by atoms with Crippen LogP contribution in [0, 0.1) is 6.92 Å². The number of benzene rings is 2. The van der Waals surface area contributed by atoms with E-state index in [9.17, 15) is 13.2 Å². The Morgan fingerprint density at radius 2 is 1.65 bits per heavy atom. The fourth-order valence-corrected chi connectivity index (χ4v) is 4.97. The smallest absolute Gasteiger partial charge is 0.267 e. The molecule has 2 aromatic carbocycles. The van der Waals surface area contributed by atoms with Crippen molar-refractivity contribution in [2.75, 3.05) is 16.7 Å². The molecule has 0 radical (unpaired) electrons. The second-order valence-electron chi connectivity index (χ2n) is 5.69. The Balaban J connectivity index is 1.93. The fraction of sp³-hybridized carbons (Fsp3) is 0.105. The number of anilines is 2. The number of nitrogens with one attached hydrogen (secondary N) is 1. The summed E-state index contributed by atoms with van der Waals surface area (Å²) in [6, 6.07) is 17.6. The number of sulfonamides is 1. The molecule has 0 saturated carbocycles. The summed E-state index contributed by atoms with van der Waals surface area (Å²) in [6.07, 6.45) is 0. The quantitative estimate of drug-likeness (QED) is 0.717. The van der Waals surface area contributed by atoms with Gasteiger partial charge in [0.1, 0.15) is 9.77 Å². The van der Waals surface area contributed by atoms with Crippen LogP contribution in [0.25, 0.3) is 0 Å². The van der Waals surface area contributed by atoms with Crippen LogP contribution in [0.1, 0.15) is 15.2 Å². The number of rotatable bonds is 5. The maximum absolute atomic E-state index is 13.0. The molecule has 0 aliphatic heterocycles. The summed E-state index contributed by atoms with van der Waals surface area (Å²) in [5.74, 6) is -0.436. The number of para-hydroxylation sites is 2. The second-order valence-corrected chi connectivity index (χ2v) is 8.54. The molecule has 0 spiro atoms. The summed E-state index contributed by atoms with van der Waals surface area (Å²) in [6.45, 7) is 1.88. The van der Waals surface area contributed by atoms with E-state index in [4.69, 9.17) is 0 Å². The van der Waals surface area contributed by atoms with Crippen molar-refractivity contribution in [2.45, 2.75) is 11.8 Å². The Kier molecular flexibility index (Phi) is 5.11. The van der Waals surface area contributed by atoms with Crippen LogP contribution in [0.15, 0.2) is 70.9 Å². The zero-order valence-corrected chi connectivity index (χ0v) is 16.0. The summed E-state index contributed by atoms with van der Waals surface area (Å²) in [5.41, 5.74) is 2.10. The van der Waals surface area contributed by atoms with E-state index in [2.05, 4.69) is 5.32 Å². The molecule has 1 amide bonds. The van der Waals surface area contributed by atoms with Gasteiger partial charge in [-0.15, -0.1) is 11.3 Å². The summed E-state index contributed by atoms with van der Waals surface area (Å²) in [5, 5.41) is 4.40. The minimum atomic E-state index is -3.84. The van der Waals surface area contributed by atoms with Crippen LogP contribution in [-0.4, -0.2) is 21.4 Å². The highest BCUT2D eigenvalue weighted by molar-refractivity contribution is 7.93. The van der Waals surface area contributed by atoms with Gasteiger partial charge in [-0.05, 0) is 42.1 Å². The van der Waals surface area contributed by atoms with E-state index < -0.39 is 15.9 Å². The number of hydrogen-bond acceptors (Lipinski definition) is 4. The predicted octanol–water partition coefficient (Wildman–Crippen LogP) is 4.13. The second kappa shape index (κ2) is 7.31. The van der Waals surface area contributed by atoms with Crippen molar-refractivity contribution in [3.8, 4) is 0 Å². The lowest BCUT2D eigenvalue weighted by Gasteiger charge is -2.19. The molecule has 0 fully saturated rings. The molecule has 134 valence electrons. The summed E-state index contributed by atoms with van der Waals surface area (Å²) in [7, 11) is -2.37. The van der Waals surface area contributed by atoms with Crippen molar-refractivity contribution < 1.29 is 13.2 Å². The average molecular weight is 386 g/mol. The molecular formula is C19H18N2O3S2. The lowest BCUT2D eigenvalue weighted by molar-refractivity contribution is 0.102.